The summed E-state index contributed by atoms with van der Waals surface area (Å²) in [7, 11) is 0. The highest BCUT2D eigenvalue weighted by molar-refractivity contribution is 7.17. The molecule has 164 valence electrons. The summed E-state index contributed by atoms with van der Waals surface area (Å²) in [5.41, 5.74) is 2.90. The van der Waals surface area contributed by atoms with Gasteiger partial charge >= 0.3 is 0 Å². The zero-order chi connectivity index (χ0) is 22.2. The summed E-state index contributed by atoms with van der Waals surface area (Å²) in [5.74, 6) is 1.43. The van der Waals surface area contributed by atoms with Gasteiger partial charge in [-0.1, -0.05) is 12.1 Å². The molecule has 0 aliphatic rings. The van der Waals surface area contributed by atoms with Crippen molar-refractivity contribution >= 4 is 28.8 Å². The number of aliphatic hydroxyl groups excluding tert-OH is 1. The molecule has 0 fully saturated rings. The number of benzene rings is 1. The molecule has 0 aliphatic carbocycles. The van der Waals surface area contributed by atoms with Crippen LogP contribution in [0.15, 0.2) is 71.5 Å². The molecule has 0 saturated heterocycles. The lowest BCUT2D eigenvalue weighted by Crippen LogP contribution is -1.98. The van der Waals surface area contributed by atoms with E-state index in [0.717, 1.165) is 46.2 Å². The zero-order valence-electron chi connectivity index (χ0n) is 17.7. The Morgan fingerprint density at radius 3 is 2.84 bits per heavy atom. The molecule has 6 nitrogen and oxygen atoms in total. The number of Topliss-reactive ketones (excluding diaryl/α,β-unsaturated/α-hetero) is 1. The van der Waals surface area contributed by atoms with Crippen LogP contribution >= 0.6 is 11.3 Å². The number of thiophene rings is 1. The van der Waals surface area contributed by atoms with Crippen LogP contribution in [0.1, 0.15) is 40.3 Å². The van der Waals surface area contributed by atoms with Crippen LogP contribution < -0.4 is 5.32 Å². The largest absolute Gasteiger partial charge is 0.469 e. The maximum absolute atomic E-state index is 12.5. The standard InChI is InChI=1S/C25H25N3O3S/c29-15-2-1-5-18-6-3-7-19(17-18)27-25-26-14-13-21(28-25)23-11-12-24(32-23)22(30)10-9-20-8-4-16-31-20/h3-4,6-8,11-14,16-17,29H,1-2,5,9-10,15H2,(H,26,27,28). The average Bonchev–Trinajstić information content (AvgIpc) is 3.51. The summed E-state index contributed by atoms with van der Waals surface area (Å²) in [6.45, 7) is 0.221. The minimum absolute atomic E-state index is 0.100. The van der Waals surface area contributed by atoms with E-state index < -0.39 is 0 Å². The first-order valence-electron chi connectivity index (χ1n) is 10.7. The van der Waals surface area contributed by atoms with Gasteiger partial charge in [0, 0.05) is 31.3 Å². The van der Waals surface area contributed by atoms with E-state index in [2.05, 4.69) is 27.4 Å². The van der Waals surface area contributed by atoms with Crippen molar-refractivity contribution in [3.63, 3.8) is 0 Å². The van der Waals surface area contributed by atoms with Crippen LogP contribution in [0.2, 0.25) is 0 Å². The molecule has 4 rings (SSSR count). The van der Waals surface area contributed by atoms with Crippen LogP contribution in [0, 0.1) is 0 Å². The number of hydrogen-bond donors (Lipinski definition) is 2. The van der Waals surface area contributed by atoms with Crippen molar-refractivity contribution in [3.8, 4) is 10.6 Å². The summed E-state index contributed by atoms with van der Waals surface area (Å²) < 4.78 is 5.31. The second-order valence-corrected chi connectivity index (χ2v) is 8.52. The normalized spacial score (nSPS) is 10.9. The molecular formula is C25H25N3O3S. The van der Waals surface area contributed by atoms with E-state index in [1.807, 2.05) is 42.5 Å². The smallest absolute Gasteiger partial charge is 0.227 e. The van der Waals surface area contributed by atoms with Gasteiger partial charge in [-0.05, 0) is 67.3 Å². The fourth-order valence-corrected chi connectivity index (χ4v) is 4.31. The molecule has 0 saturated carbocycles. The quantitative estimate of drug-likeness (QED) is 0.227. The number of unbranched alkanes of at least 4 members (excludes halogenated alkanes) is 1. The van der Waals surface area contributed by atoms with E-state index in [4.69, 9.17) is 9.52 Å². The van der Waals surface area contributed by atoms with Gasteiger partial charge in [0.25, 0.3) is 0 Å². The third-order valence-electron chi connectivity index (χ3n) is 5.02. The van der Waals surface area contributed by atoms with E-state index >= 15 is 0 Å². The van der Waals surface area contributed by atoms with Gasteiger partial charge in [0.15, 0.2) is 5.78 Å². The van der Waals surface area contributed by atoms with Crippen molar-refractivity contribution in [1.82, 2.24) is 9.97 Å². The fourth-order valence-electron chi connectivity index (χ4n) is 3.37. The zero-order valence-corrected chi connectivity index (χ0v) is 18.5. The van der Waals surface area contributed by atoms with Crippen LogP contribution in [-0.4, -0.2) is 27.5 Å². The third kappa shape index (κ3) is 5.90. The number of aliphatic hydroxyl groups is 1. The third-order valence-corrected chi connectivity index (χ3v) is 6.17. The van der Waals surface area contributed by atoms with Gasteiger partial charge in [-0.2, -0.15) is 0 Å². The van der Waals surface area contributed by atoms with E-state index in [-0.39, 0.29) is 12.4 Å². The monoisotopic (exact) mass is 447 g/mol. The number of carbonyl (C=O) groups is 1. The highest BCUT2D eigenvalue weighted by Crippen LogP contribution is 2.28. The molecule has 0 spiro atoms. The Bertz CT molecular complexity index is 1150. The summed E-state index contributed by atoms with van der Waals surface area (Å²) >= 11 is 1.44. The molecule has 0 unspecified atom stereocenters. The second kappa shape index (κ2) is 10.8. The van der Waals surface area contributed by atoms with Crippen LogP contribution in [-0.2, 0) is 12.8 Å². The Kier molecular flexibility index (Phi) is 7.42. The fraction of sp³-hybridized carbons (Fsp3) is 0.240. The number of rotatable bonds is 11. The Morgan fingerprint density at radius 2 is 2.00 bits per heavy atom. The van der Waals surface area contributed by atoms with Crippen LogP contribution in [0.5, 0.6) is 0 Å². The lowest BCUT2D eigenvalue weighted by Gasteiger charge is -2.08. The Hall–Kier alpha value is -3.29. The molecule has 3 heterocycles. The molecule has 4 aromatic rings. The Labute approximate surface area is 191 Å². The van der Waals surface area contributed by atoms with Gasteiger partial charge in [0.05, 0.1) is 21.7 Å². The van der Waals surface area contributed by atoms with Gasteiger partial charge < -0.3 is 14.8 Å². The number of hydrogen-bond acceptors (Lipinski definition) is 7. The predicted octanol–water partition coefficient (Wildman–Crippen LogP) is 5.67. The first kappa shape index (κ1) is 21.9. The molecule has 7 heteroatoms. The number of nitrogens with one attached hydrogen (secondary N) is 1. The minimum atomic E-state index is 0.100. The van der Waals surface area contributed by atoms with Crippen molar-refractivity contribution in [3.05, 3.63) is 83.3 Å². The van der Waals surface area contributed by atoms with Crippen LogP contribution in [0.3, 0.4) is 0 Å². The lowest BCUT2D eigenvalue weighted by atomic mass is 10.1. The number of aromatic nitrogens is 2. The Balaban J connectivity index is 1.41. The maximum atomic E-state index is 12.5. The number of furan rings is 1. The van der Waals surface area contributed by atoms with Crippen molar-refractivity contribution in [2.45, 2.75) is 32.1 Å². The topological polar surface area (TPSA) is 88.2 Å². The molecule has 2 N–H and O–H groups in total. The van der Waals surface area contributed by atoms with E-state index in [1.165, 1.54) is 16.9 Å². The van der Waals surface area contributed by atoms with Gasteiger partial charge in [0.1, 0.15) is 5.76 Å². The molecule has 0 bridgehead atoms. The molecule has 0 amide bonds. The molecule has 0 atom stereocenters. The minimum Gasteiger partial charge on any atom is -0.469 e. The molecule has 0 aliphatic heterocycles. The Morgan fingerprint density at radius 1 is 1.06 bits per heavy atom. The van der Waals surface area contributed by atoms with Gasteiger partial charge in [0.2, 0.25) is 5.95 Å². The molecular weight excluding hydrogens is 422 g/mol. The lowest BCUT2D eigenvalue weighted by molar-refractivity contribution is 0.0985. The maximum Gasteiger partial charge on any atom is 0.227 e. The number of ketones is 1. The SMILES string of the molecule is O=C(CCc1ccco1)c1ccc(-c2ccnc(Nc3cccc(CCCCO)c3)n2)s1. The van der Waals surface area contributed by atoms with Crippen molar-refractivity contribution in [1.29, 1.82) is 0 Å². The van der Waals surface area contributed by atoms with Crippen LogP contribution in [0.25, 0.3) is 10.6 Å². The van der Waals surface area contributed by atoms with E-state index in [9.17, 15) is 4.79 Å². The number of aryl methyl sites for hydroxylation is 2. The second-order valence-electron chi connectivity index (χ2n) is 7.44. The summed E-state index contributed by atoms with van der Waals surface area (Å²) in [4.78, 5) is 23.1. The summed E-state index contributed by atoms with van der Waals surface area (Å²) in [6, 6.07) is 17.5. The van der Waals surface area contributed by atoms with Crippen LogP contribution in [0.4, 0.5) is 11.6 Å². The molecule has 32 heavy (non-hydrogen) atoms. The highest BCUT2D eigenvalue weighted by Gasteiger charge is 2.13. The average molecular weight is 448 g/mol. The van der Waals surface area contributed by atoms with Crippen molar-refractivity contribution in [2.75, 3.05) is 11.9 Å². The van der Waals surface area contributed by atoms with Gasteiger partial charge in [-0.25, -0.2) is 9.97 Å². The van der Waals surface area contributed by atoms with Gasteiger partial charge in [-0.15, -0.1) is 11.3 Å². The molecule has 0 radical (unpaired) electrons. The number of nitrogens with zero attached hydrogens (tertiary/aromatic N) is 2. The van der Waals surface area contributed by atoms with Gasteiger partial charge in [-0.3, -0.25) is 4.79 Å². The first-order chi connectivity index (χ1) is 15.7. The van der Waals surface area contributed by atoms with Crippen molar-refractivity contribution < 1.29 is 14.3 Å². The van der Waals surface area contributed by atoms with E-state index in [0.29, 0.717) is 18.8 Å². The molecule has 3 aromatic heterocycles. The molecule has 1 aromatic carbocycles. The van der Waals surface area contributed by atoms with E-state index in [1.54, 1.807) is 12.5 Å². The number of carbonyl (C=O) groups excluding carboxylic acids is 1. The summed E-state index contributed by atoms with van der Waals surface area (Å²) in [6.07, 6.45) is 7.02. The first-order valence-corrected chi connectivity index (χ1v) is 11.5. The highest BCUT2D eigenvalue weighted by atomic mass is 32.1. The van der Waals surface area contributed by atoms with Crippen molar-refractivity contribution in [2.24, 2.45) is 0 Å². The number of anilines is 2. The summed E-state index contributed by atoms with van der Waals surface area (Å²) in [5, 5.41) is 12.2. The predicted molar refractivity (Wildman–Crippen MR) is 126 cm³/mol.